The fraction of sp³-hybridized carbons (Fsp3) is 0.0385. The minimum absolute atomic E-state index is 0.156. The smallest absolute Gasteiger partial charge is 0.335 e. The maximum absolute atomic E-state index is 13.3. The maximum atomic E-state index is 13.3. The standard InChI is InChI=1S/C26H17ClFN3O3/c27-22-7-3-1-5-16(22)14-30-15-17(20-6-2-4-8-23(20)30)13-21-24(32)29-26(34)31(25(21)33)19-11-9-18(28)10-12-19/h1-13,15H,14H2,(H,29,32,34)/b21-13-. The van der Waals surface area contributed by atoms with E-state index in [0.29, 0.717) is 17.1 Å². The fourth-order valence-corrected chi connectivity index (χ4v) is 4.16. The molecule has 0 atom stereocenters. The van der Waals surface area contributed by atoms with E-state index in [2.05, 4.69) is 5.32 Å². The summed E-state index contributed by atoms with van der Waals surface area (Å²) >= 11 is 6.34. The Balaban J connectivity index is 1.57. The highest BCUT2D eigenvalue weighted by molar-refractivity contribution is 6.39. The van der Waals surface area contributed by atoms with E-state index in [1.807, 2.05) is 59.3 Å². The van der Waals surface area contributed by atoms with Gasteiger partial charge in [-0.1, -0.05) is 48.0 Å². The van der Waals surface area contributed by atoms with E-state index in [-0.39, 0.29) is 11.3 Å². The first-order chi connectivity index (χ1) is 16.4. The Morgan fingerprint density at radius 2 is 1.62 bits per heavy atom. The average molecular weight is 474 g/mol. The number of carbonyl (C=O) groups excluding carboxylic acids is 3. The summed E-state index contributed by atoms with van der Waals surface area (Å²) < 4.78 is 15.3. The summed E-state index contributed by atoms with van der Waals surface area (Å²) in [5.74, 6) is -2.09. The van der Waals surface area contributed by atoms with Crippen LogP contribution in [0.5, 0.6) is 0 Å². The zero-order valence-electron chi connectivity index (χ0n) is 17.7. The molecule has 34 heavy (non-hydrogen) atoms. The molecule has 1 aliphatic rings. The molecule has 0 bridgehead atoms. The molecule has 4 amide bonds. The summed E-state index contributed by atoms with van der Waals surface area (Å²) in [5.41, 5.74) is 2.40. The van der Waals surface area contributed by atoms with Gasteiger partial charge >= 0.3 is 6.03 Å². The van der Waals surface area contributed by atoms with Gasteiger partial charge in [-0.2, -0.15) is 0 Å². The molecule has 0 saturated carbocycles. The second kappa shape index (κ2) is 8.61. The maximum Gasteiger partial charge on any atom is 0.335 e. The number of anilines is 1. The molecule has 6 nitrogen and oxygen atoms in total. The van der Waals surface area contributed by atoms with Crippen LogP contribution < -0.4 is 10.2 Å². The van der Waals surface area contributed by atoms with Crippen LogP contribution >= 0.6 is 11.6 Å². The van der Waals surface area contributed by atoms with Crippen LogP contribution in [-0.4, -0.2) is 22.4 Å². The largest absolute Gasteiger partial charge is 0.342 e. The normalized spacial score (nSPS) is 15.3. The van der Waals surface area contributed by atoms with Crippen molar-refractivity contribution in [3.05, 3.63) is 107 Å². The Morgan fingerprint density at radius 1 is 0.912 bits per heavy atom. The number of nitrogens with one attached hydrogen (secondary N) is 1. The van der Waals surface area contributed by atoms with Gasteiger partial charge in [0.15, 0.2) is 0 Å². The van der Waals surface area contributed by atoms with Gasteiger partial charge in [0, 0.05) is 34.2 Å². The Hall–Kier alpha value is -4.23. The van der Waals surface area contributed by atoms with Gasteiger partial charge in [-0.15, -0.1) is 0 Å². The summed E-state index contributed by atoms with van der Waals surface area (Å²) in [6.07, 6.45) is 3.30. The minimum atomic E-state index is -0.889. The number of rotatable bonds is 4. The van der Waals surface area contributed by atoms with Gasteiger partial charge in [-0.05, 0) is 48.0 Å². The number of nitrogens with zero attached hydrogens (tertiary/aromatic N) is 2. The molecular formula is C26H17ClFN3O3. The Morgan fingerprint density at radius 3 is 2.38 bits per heavy atom. The van der Waals surface area contributed by atoms with Crippen molar-refractivity contribution in [3.63, 3.8) is 0 Å². The van der Waals surface area contributed by atoms with Crippen molar-refractivity contribution in [2.75, 3.05) is 4.90 Å². The highest BCUT2D eigenvalue weighted by Crippen LogP contribution is 2.28. The number of amides is 4. The number of fused-ring (bicyclic) bond motifs is 1. The third-order valence-electron chi connectivity index (χ3n) is 5.60. The van der Waals surface area contributed by atoms with Crippen LogP contribution in [0, 0.1) is 5.82 Å². The highest BCUT2D eigenvalue weighted by Gasteiger charge is 2.37. The molecular weight excluding hydrogens is 457 g/mol. The van der Waals surface area contributed by atoms with Crippen LogP contribution in [0.1, 0.15) is 11.1 Å². The lowest BCUT2D eigenvalue weighted by Gasteiger charge is -2.26. The van der Waals surface area contributed by atoms with E-state index in [9.17, 15) is 18.8 Å². The molecule has 168 valence electrons. The highest BCUT2D eigenvalue weighted by atomic mass is 35.5. The molecule has 1 aliphatic heterocycles. The van der Waals surface area contributed by atoms with Gasteiger partial charge < -0.3 is 4.57 Å². The lowest BCUT2D eigenvalue weighted by Crippen LogP contribution is -2.54. The summed E-state index contributed by atoms with van der Waals surface area (Å²) in [6.45, 7) is 0.490. The predicted molar refractivity (Wildman–Crippen MR) is 128 cm³/mol. The van der Waals surface area contributed by atoms with Crippen molar-refractivity contribution in [1.29, 1.82) is 0 Å². The van der Waals surface area contributed by atoms with Crippen LogP contribution in [0.4, 0.5) is 14.9 Å². The Bertz CT molecular complexity index is 1490. The topological polar surface area (TPSA) is 71.4 Å². The quantitative estimate of drug-likeness (QED) is 0.329. The van der Waals surface area contributed by atoms with Crippen LogP contribution in [0.15, 0.2) is 84.6 Å². The summed E-state index contributed by atoms with van der Waals surface area (Å²) in [4.78, 5) is 39.0. The van der Waals surface area contributed by atoms with Crippen LogP contribution in [0.3, 0.4) is 0 Å². The average Bonchev–Trinajstić information content (AvgIpc) is 3.16. The number of aromatic nitrogens is 1. The molecule has 2 heterocycles. The van der Waals surface area contributed by atoms with Gasteiger partial charge in [0.1, 0.15) is 11.4 Å². The first kappa shape index (κ1) is 21.6. The molecule has 1 N–H and O–H groups in total. The minimum Gasteiger partial charge on any atom is -0.342 e. The molecule has 3 aromatic carbocycles. The number of carbonyl (C=O) groups is 3. The van der Waals surface area contributed by atoms with E-state index in [1.165, 1.54) is 18.2 Å². The number of hydrogen-bond acceptors (Lipinski definition) is 3. The van der Waals surface area contributed by atoms with Crippen molar-refractivity contribution in [2.45, 2.75) is 6.54 Å². The van der Waals surface area contributed by atoms with Crippen LogP contribution in [0.25, 0.3) is 17.0 Å². The molecule has 0 radical (unpaired) electrons. The van der Waals surface area contributed by atoms with Crippen LogP contribution in [-0.2, 0) is 16.1 Å². The van der Waals surface area contributed by atoms with Gasteiger partial charge in [0.2, 0.25) is 0 Å². The number of benzene rings is 3. The van der Waals surface area contributed by atoms with Crippen molar-refractivity contribution >= 4 is 52.1 Å². The first-order valence-electron chi connectivity index (χ1n) is 10.4. The number of imide groups is 2. The fourth-order valence-electron chi connectivity index (χ4n) is 3.97. The molecule has 8 heteroatoms. The first-order valence-corrected chi connectivity index (χ1v) is 10.8. The van der Waals surface area contributed by atoms with E-state index in [1.54, 1.807) is 0 Å². The number of urea groups is 1. The molecule has 1 fully saturated rings. The van der Waals surface area contributed by atoms with Crippen molar-refractivity contribution < 1.29 is 18.8 Å². The second-order valence-corrected chi connectivity index (χ2v) is 8.16. The van der Waals surface area contributed by atoms with E-state index < -0.39 is 23.7 Å². The lowest BCUT2D eigenvalue weighted by molar-refractivity contribution is -0.122. The van der Waals surface area contributed by atoms with Crippen molar-refractivity contribution in [2.24, 2.45) is 0 Å². The molecule has 5 rings (SSSR count). The molecule has 0 aliphatic carbocycles. The number of halogens is 2. The Labute approximate surface area is 198 Å². The molecule has 0 spiro atoms. The van der Waals surface area contributed by atoms with E-state index in [0.717, 1.165) is 33.5 Å². The SMILES string of the molecule is O=C1NC(=O)N(c2ccc(F)cc2)C(=O)/C1=C\c1cn(Cc2ccccc2Cl)c2ccccc12. The third-order valence-corrected chi connectivity index (χ3v) is 5.97. The van der Waals surface area contributed by atoms with Gasteiger partial charge in [0.25, 0.3) is 11.8 Å². The van der Waals surface area contributed by atoms with E-state index in [4.69, 9.17) is 11.6 Å². The van der Waals surface area contributed by atoms with Crippen LogP contribution in [0.2, 0.25) is 5.02 Å². The molecule has 0 unspecified atom stereocenters. The zero-order chi connectivity index (χ0) is 23.8. The van der Waals surface area contributed by atoms with Crippen molar-refractivity contribution in [3.8, 4) is 0 Å². The summed E-state index contributed by atoms with van der Waals surface area (Å²) in [7, 11) is 0. The molecule has 1 saturated heterocycles. The summed E-state index contributed by atoms with van der Waals surface area (Å²) in [5, 5.41) is 3.65. The molecule has 1 aromatic heterocycles. The Kier molecular flexibility index (Phi) is 5.47. The predicted octanol–water partition coefficient (Wildman–Crippen LogP) is 5.15. The zero-order valence-corrected chi connectivity index (χ0v) is 18.4. The van der Waals surface area contributed by atoms with Gasteiger partial charge in [-0.25, -0.2) is 14.1 Å². The number of hydrogen-bond donors (Lipinski definition) is 1. The molecule has 4 aromatic rings. The summed E-state index contributed by atoms with van der Waals surface area (Å²) in [6, 6.07) is 19.1. The monoisotopic (exact) mass is 473 g/mol. The second-order valence-electron chi connectivity index (χ2n) is 7.76. The van der Waals surface area contributed by atoms with E-state index >= 15 is 0 Å². The number of para-hydroxylation sites is 1. The van der Waals surface area contributed by atoms with Gasteiger partial charge in [-0.3, -0.25) is 14.9 Å². The number of barbiturate groups is 1. The van der Waals surface area contributed by atoms with Gasteiger partial charge in [0.05, 0.1) is 5.69 Å². The third kappa shape index (κ3) is 3.86. The lowest BCUT2D eigenvalue weighted by atomic mass is 10.1. The van der Waals surface area contributed by atoms with Crippen molar-refractivity contribution in [1.82, 2.24) is 9.88 Å².